The number of nitrogens with zero attached hydrogens (tertiary/aromatic N) is 1. The highest BCUT2D eigenvalue weighted by Gasteiger charge is 2.27. The molecule has 0 aromatic rings. The van der Waals surface area contributed by atoms with Crippen LogP contribution in [0.25, 0.3) is 0 Å². The molecule has 70 valence electrons. The highest BCUT2D eigenvalue weighted by Crippen LogP contribution is 2.17. The second-order valence-corrected chi connectivity index (χ2v) is 3.45. The number of rotatable bonds is 3. The first-order valence-electron chi connectivity index (χ1n) is 4.15. The molecule has 1 atom stereocenters. The first-order valence-corrected chi connectivity index (χ1v) is 4.15. The Bertz CT molecular complexity index is 166. The van der Waals surface area contributed by atoms with Crippen molar-refractivity contribution >= 4 is 5.97 Å². The average molecular weight is 172 g/mol. The summed E-state index contributed by atoms with van der Waals surface area (Å²) in [5.41, 5.74) is 5.59. The lowest BCUT2D eigenvalue weighted by atomic mass is 9.93. The Hall–Kier alpha value is -0.610. The molecule has 4 nitrogen and oxygen atoms in total. The Morgan fingerprint density at radius 2 is 2.33 bits per heavy atom. The summed E-state index contributed by atoms with van der Waals surface area (Å²) in [5, 5.41) is 0. The van der Waals surface area contributed by atoms with Gasteiger partial charge in [-0.05, 0) is 19.4 Å². The largest absolute Gasteiger partial charge is 0.468 e. The van der Waals surface area contributed by atoms with E-state index in [1.54, 1.807) is 0 Å². The van der Waals surface area contributed by atoms with Crippen LogP contribution in [-0.4, -0.2) is 44.2 Å². The molecule has 0 aromatic carbocycles. The van der Waals surface area contributed by atoms with E-state index in [9.17, 15) is 4.79 Å². The first kappa shape index (κ1) is 9.48. The summed E-state index contributed by atoms with van der Waals surface area (Å²) in [7, 11) is 3.43. The SMILES string of the molecule is COC(=O)C(N)CC1CN(C)C1. The van der Waals surface area contributed by atoms with Crippen molar-refractivity contribution in [2.75, 3.05) is 27.2 Å². The molecular formula is C8H16N2O2. The van der Waals surface area contributed by atoms with Crippen LogP contribution in [0, 0.1) is 5.92 Å². The van der Waals surface area contributed by atoms with Gasteiger partial charge in [0, 0.05) is 13.1 Å². The maximum atomic E-state index is 10.9. The van der Waals surface area contributed by atoms with Crippen LogP contribution >= 0.6 is 0 Å². The summed E-state index contributed by atoms with van der Waals surface area (Å²) >= 11 is 0. The van der Waals surface area contributed by atoms with Gasteiger partial charge in [0.2, 0.25) is 0 Å². The zero-order chi connectivity index (χ0) is 9.14. The van der Waals surface area contributed by atoms with Gasteiger partial charge in [-0.25, -0.2) is 0 Å². The fourth-order valence-electron chi connectivity index (χ4n) is 1.58. The fraction of sp³-hybridized carbons (Fsp3) is 0.875. The van der Waals surface area contributed by atoms with Gasteiger partial charge in [-0.2, -0.15) is 0 Å². The lowest BCUT2D eigenvalue weighted by molar-refractivity contribution is -0.142. The van der Waals surface area contributed by atoms with Crippen LogP contribution in [0.3, 0.4) is 0 Å². The lowest BCUT2D eigenvalue weighted by Crippen LogP contribution is -2.47. The van der Waals surface area contributed by atoms with Crippen molar-refractivity contribution in [2.45, 2.75) is 12.5 Å². The number of likely N-dealkylation sites (tertiary alicyclic amines) is 1. The van der Waals surface area contributed by atoms with Crippen molar-refractivity contribution < 1.29 is 9.53 Å². The number of carbonyl (C=O) groups excluding carboxylic acids is 1. The summed E-state index contributed by atoms with van der Waals surface area (Å²) in [6.07, 6.45) is 0.747. The average Bonchev–Trinajstić information content (AvgIpc) is 2.00. The Balaban J connectivity index is 2.18. The van der Waals surface area contributed by atoms with Crippen LogP contribution in [0.2, 0.25) is 0 Å². The molecule has 1 fully saturated rings. The van der Waals surface area contributed by atoms with E-state index in [-0.39, 0.29) is 5.97 Å². The molecule has 1 aliphatic rings. The number of methoxy groups -OCH3 is 1. The highest BCUT2D eigenvalue weighted by molar-refractivity contribution is 5.75. The molecule has 1 saturated heterocycles. The van der Waals surface area contributed by atoms with Crippen LogP contribution in [0.1, 0.15) is 6.42 Å². The number of hydrogen-bond donors (Lipinski definition) is 1. The molecule has 1 rings (SSSR count). The minimum Gasteiger partial charge on any atom is -0.468 e. The molecule has 0 radical (unpaired) electrons. The number of hydrogen-bond acceptors (Lipinski definition) is 4. The van der Waals surface area contributed by atoms with Gasteiger partial charge < -0.3 is 15.4 Å². The normalized spacial score (nSPS) is 21.6. The van der Waals surface area contributed by atoms with E-state index in [0.717, 1.165) is 19.5 Å². The zero-order valence-corrected chi connectivity index (χ0v) is 7.62. The fourth-order valence-corrected chi connectivity index (χ4v) is 1.58. The van der Waals surface area contributed by atoms with Gasteiger partial charge in [0.15, 0.2) is 0 Å². The number of carbonyl (C=O) groups is 1. The molecule has 12 heavy (non-hydrogen) atoms. The van der Waals surface area contributed by atoms with Crippen LogP contribution in [0.4, 0.5) is 0 Å². The van der Waals surface area contributed by atoms with E-state index in [4.69, 9.17) is 5.73 Å². The van der Waals surface area contributed by atoms with Crippen molar-refractivity contribution in [1.29, 1.82) is 0 Å². The molecule has 0 aromatic heterocycles. The third kappa shape index (κ3) is 2.19. The summed E-state index contributed by atoms with van der Waals surface area (Å²) < 4.78 is 4.53. The quantitative estimate of drug-likeness (QED) is 0.580. The van der Waals surface area contributed by atoms with Crippen LogP contribution in [0.5, 0.6) is 0 Å². The Labute approximate surface area is 72.7 Å². The number of nitrogens with two attached hydrogens (primary N) is 1. The van der Waals surface area contributed by atoms with E-state index < -0.39 is 6.04 Å². The van der Waals surface area contributed by atoms with E-state index in [1.165, 1.54) is 7.11 Å². The number of esters is 1. The van der Waals surface area contributed by atoms with Crippen molar-refractivity contribution in [2.24, 2.45) is 11.7 Å². The molecule has 0 spiro atoms. The van der Waals surface area contributed by atoms with Crippen molar-refractivity contribution in [3.05, 3.63) is 0 Å². The molecule has 1 heterocycles. The molecule has 0 aliphatic carbocycles. The van der Waals surface area contributed by atoms with Gasteiger partial charge in [-0.1, -0.05) is 0 Å². The van der Waals surface area contributed by atoms with Crippen molar-refractivity contribution in [3.63, 3.8) is 0 Å². The van der Waals surface area contributed by atoms with Gasteiger partial charge in [0.05, 0.1) is 7.11 Å². The lowest BCUT2D eigenvalue weighted by Gasteiger charge is -2.37. The van der Waals surface area contributed by atoms with Gasteiger partial charge >= 0.3 is 5.97 Å². The van der Waals surface area contributed by atoms with Gasteiger partial charge in [-0.15, -0.1) is 0 Å². The Morgan fingerprint density at radius 1 is 1.75 bits per heavy atom. The molecule has 0 amide bonds. The molecule has 0 saturated carbocycles. The molecule has 1 aliphatic heterocycles. The molecule has 1 unspecified atom stereocenters. The standard InChI is InChI=1S/C8H16N2O2/c1-10-4-6(5-10)3-7(9)8(11)12-2/h6-7H,3-5,9H2,1-2H3. The van der Waals surface area contributed by atoms with E-state index >= 15 is 0 Å². The summed E-state index contributed by atoms with van der Waals surface area (Å²) in [6, 6.07) is -0.436. The van der Waals surface area contributed by atoms with Crippen molar-refractivity contribution in [1.82, 2.24) is 4.90 Å². The second kappa shape index (κ2) is 3.87. The van der Waals surface area contributed by atoms with Gasteiger partial charge in [0.25, 0.3) is 0 Å². The Morgan fingerprint density at radius 3 is 2.75 bits per heavy atom. The molecule has 4 heteroatoms. The zero-order valence-electron chi connectivity index (χ0n) is 7.62. The van der Waals surface area contributed by atoms with Gasteiger partial charge in [-0.3, -0.25) is 4.79 Å². The summed E-state index contributed by atoms with van der Waals surface area (Å²) in [4.78, 5) is 13.1. The van der Waals surface area contributed by atoms with Crippen LogP contribution < -0.4 is 5.73 Å². The predicted octanol–water partition coefficient (Wildman–Crippen LogP) is -0.562. The smallest absolute Gasteiger partial charge is 0.322 e. The minimum atomic E-state index is -0.436. The highest BCUT2D eigenvalue weighted by atomic mass is 16.5. The summed E-state index contributed by atoms with van der Waals surface area (Å²) in [6.45, 7) is 2.09. The minimum absolute atomic E-state index is 0.301. The third-order valence-corrected chi connectivity index (χ3v) is 2.23. The van der Waals surface area contributed by atoms with E-state index in [2.05, 4.69) is 16.7 Å². The summed E-state index contributed by atoms with van der Waals surface area (Å²) in [5.74, 6) is 0.272. The maximum Gasteiger partial charge on any atom is 0.322 e. The van der Waals surface area contributed by atoms with Gasteiger partial charge in [0.1, 0.15) is 6.04 Å². The molecule has 0 bridgehead atoms. The number of ether oxygens (including phenoxy) is 1. The third-order valence-electron chi connectivity index (χ3n) is 2.23. The van der Waals surface area contributed by atoms with Crippen molar-refractivity contribution in [3.8, 4) is 0 Å². The maximum absolute atomic E-state index is 10.9. The Kier molecular flexibility index (Phi) is 3.05. The molecule has 2 N–H and O–H groups in total. The predicted molar refractivity (Wildman–Crippen MR) is 45.6 cm³/mol. The monoisotopic (exact) mass is 172 g/mol. The van der Waals surface area contributed by atoms with E-state index in [1.807, 2.05) is 0 Å². The van der Waals surface area contributed by atoms with Crippen LogP contribution in [-0.2, 0) is 9.53 Å². The van der Waals surface area contributed by atoms with E-state index in [0.29, 0.717) is 5.92 Å². The topological polar surface area (TPSA) is 55.6 Å². The van der Waals surface area contributed by atoms with Crippen LogP contribution in [0.15, 0.2) is 0 Å². The first-order chi connectivity index (χ1) is 5.63. The molecular weight excluding hydrogens is 156 g/mol. The second-order valence-electron chi connectivity index (χ2n) is 3.45.